The number of nitrogens with zero attached hydrogens (tertiary/aromatic N) is 1. The number of alkyl halides is 7. The molecule has 9 nitrogen and oxygen atoms in total. The minimum absolute atomic E-state index is 0.0873. The quantitative estimate of drug-likeness (QED) is 0.226. The third-order valence-corrected chi connectivity index (χ3v) is 9.44. The van der Waals surface area contributed by atoms with E-state index < -0.39 is 70.2 Å². The molecule has 0 saturated carbocycles. The van der Waals surface area contributed by atoms with E-state index in [2.05, 4.69) is 6.58 Å². The first-order valence-electron chi connectivity index (χ1n) is 9.08. The first-order valence-corrected chi connectivity index (χ1v) is 13.5. The summed E-state index contributed by atoms with van der Waals surface area (Å²) in [6.45, 7) is 4.05. The highest BCUT2D eigenvalue weighted by atomic mass is 32.3. The molecule has 1 atom stereocenters. The lowest BCUT2D eigenvalue weighted by molar-refractivity contribution is -0.196. The molecule has 0 heterocycles. The fourth-order valence-corrected chi connectivity index (χ4v) is 6.45. The van der Waals surface area contributed by atoms with Gasteiger partial charge in [0, 0.05) is 13.1 Å². The van der Waals surface area contributed by atoms with Crippen LogP contribution in [0.1, 0.15) is 20.3 Å². The zero-order chi connectivity index (χ0) is 27.4. The highest BCUT2D eigenvalue weighted by Gasteiger charge is 2.80. The lowest BCUT2D eigenvalue weighted by atomic mass is 10.2. The maximum absolute atomic E-state index is 14.9. The predicted octanol–water partition coefficient (Wildman–Crippen LogP) is 1.75. The van der Waals surface area contributed by atoms with Crippen LogP contribution in [0.15, 0.2) is 24.8 Å². The van der Waals surface area contributed by atoms with Gasteiger partial charge in [-0.2, -0.15) is 26.3 Å². The van der Waals surface area contributed by atoms with Gasteiger partial charge in [-0.3, -0.25) is 0 Å². The van der Waals surface area contributed by atoms with Crippen LogP contribution in [0.2, 0.25) is 0 Å². The smallest absolute Gasteiger partial charge is 0.305 e. The van der Waals surface area contributed by atoms with Gasteiger partial charge >= 0.3 is 21.4 Å². The molecule has 0 amide bonds. The average Bonchev–Trinajstić information content (AvgIpc) is 2.65. The number of halogens is 7. The first-order chi connectivity index (χ1) is 15.0. The molecule has 19 heteroatoms. The second kappa shape index (κ2) is 10.8. The summed E-state index contributed by atoms with van der Waals surface area (Å²) in [4.78, 5) is 1.41. The van der Waals surface area contributed by atoms with E-state index >= 15 is 0 Å². The molecule has 0 aromatic rings. The Bertz CT molecular complexity index is 1080. The SMILES string of the molecule is C=CC(F)(C(F)(F)C(F)(F)S(=O)(=O)NCCN(C)CCC)S(=O)(=O)NS(=O)(=O)C(F)(F)/C=C/C. The lowest BCUT2D eigenvalue weighted by Crippen LogP contribution is -2.66. The van der Waals surface area contributed by atoms with E-state index in [-0.39, 0.29) is 10.7 Å². The summed E-state index contributed by atoms with van der Waals surface area (Å²) in [7, 11) is -18.7. The summed E-state index contributed by atoms with van der Waals surface area (Å²) in [5.74, 6) is -6.76. The number of allylic oxidation sites excluding steroid dienone is 1. The molecule has 0 aliphatic rings. The number of likely N-dealkylation sites (N-methyl/N-ethyl adjacent to an activating group) is 1. The Morgan fingerprint density at radius 3 is 1.79 bits per heavy atom. The van der Waals surface area contributed by atoms with Gasteiger partial charge in [0.25, 0.3) is 30.1 Å². The normalized spacial score (nSPS) is 16.7. The molecule has 0 aromatic carbocycles. The number of rotatable bonds is 15. The highest BCUT2D eigenvalue weighted by molar-refractivity contribution is 8.06. The summed E-state index contributed by atoms with van der Waals surface area (Å²) < 4.78 is 172. The van der Waals surface area contributed by atoms with Crippen molar-refractivity contribution in [3.8, 4) is 0 Å². The number of nitrogens with one attached hydrogen (secondary N) is 2. The van der Waals surface area contributed by atoms with E-state index in [4.69, 9.17) is 0 Å². The predicted molar refractivity (Wildman–Crippen MR) is 109 cm³/mol. The molecule has 0 spiro atoms. The molecule has 1 unspecified atom stereocenters. The Morgan fingerprint density at radius 1 is 0.882 bits per heavy atom. The van der Waals surface area contributed by atoms with Crippen molar-refractivity contribution >= 4 is 30.1 Å². The van der Waals surface area contributed by atoms with Gasteiger partial charge in [-0.1, -0.05) is 19.6 Å². The van der Waals surface area contributed by atoms with Crippen LogP contribution >= 0.6 is 0 Å². The van der Waals surface area contributed by atoms with Crippen LogP contribution < -0.4 is 8.85 Å². The Morgan fingerprint density at radius 2 is 1.38 bits per heavy atom. The van der Waals surface area contributed by atoms with Crippen molar-refractivity contribution in [3.63, 3.8) is 0 Å². The van der Waals surface area contributed by atoms with Crippen LogP contribution in [0.4, 0.5) is 30.7 Å². The van der Waals surface area contributed by atoms with Gasteiger partial charge in [0.15, 0.2) is 0 Å². The van der Waals surface area contributed by atoms with E-state index in [0.717, 1.165) is 11.6 Å². The Balaban J connectivity index is 6.35. The summed E-state index contributed by atoms with van der Waals surface area (Å²) in [5.41, 5.74) is 0. The molecule has 0 fully saturated rings. The topological polar surface area (TPSA) is 130 Å². The monoisotopic (exact) mass is 571 g/mol. The highest BCUT2D eigenvalue weighted by Crippen LogP contribution is 2.50. The van der Waals surface area contributed by atoms with E-state index in [1.54, 1.807) is 6.92 Å². The first kappa shape index (κ1) is 32.7. The van der Waals surface area contributed by atoms with Crippen molar-refractivity contribution < 1.29 is 56.0 Å². The number of hydrogen-bond donors (Lipinski definition) is 2. The van der Waals surface area contributed by atoms with E-state index in [9.17, 15) is 56.0 Å². The molecule has 202 valence electrons. The third-order valence-electron chi connectivity index (χ3n) is 4.11. The summed E-state index contributed by atoms with van der Waals surface area (Å²) >= 11 is 0. The molecule has 0 aliphatic heterocycles. The minimum atomic E-state index is -7.04. The molecule has 0 radical (unpaired) electrons. The van der Waals surface area contributed by atoms with E-state index in [0.29, 0.717) is 19.0 Å². The second-order valence-electron chi connectivity index (χ2n) is 6.79. The zero-order valence-corrected chi connectivity index (χ0v) is 20.5. The van der Waals surface area contributed by atoms with Crippen LogP contribution in [0, 0.1) is 0 Å². The Kier molecular flexibility index (Phi) is 10.4. The van der Waals surface area contributed by atoms with Crippen LogP contribution in [-0.2, 0) is 30.1 Å². The fourth-order valence-electron chi connectivity index (χ4n) is 2.27. The van der Waals surface area contributed by atoms with Gasteiger partial charge in [0.1, 0.15) is 0 Å². The molecule has 0 aliphatic carbocycles. The van der Waals surface area contributed by atoms with Crippen LogP contribution in [-0.4, -0.2) is 78.3 Å². The van der Waals surface area contributed by atoms with Gasteiger partial charge in [-0.05, 0) is 39.1 Å². The van der Waals surface area contributed by atoms with E-state index in [1.807, 2.05) is 0 Å². The van der Waals surface area contributed by atoms with Crippen LogP contribution in [0.5, 0.6) is 0 Å². The van der Waals surface area contributed by atoms with Crippen molar-refractivity contribution in [2.24, 2.45) is 0 Å². The summed E-state index contributed by atoms with van der Waals surface area (Å²) in [5, 5.41) is -17.5. The van der Waals surface area contributed by atoms with Gasteiger partial charge in [-0.25, -0.2) is 34.4 Å². The molecule has 0 rings (SSSR count). The largest absolute Gasteiger partial charge is 0.425 e. The van der Waals surface area contributed by atoms with Crippen molar-refractivity contribution in [1.29, 1.82) is 0 Å². The Hall–Kier alpha value is -1.28. The zero-order valence-electron chi connectivity index (χ0n) is 18.0. The van der Waals surface area contributed by atoms with Gasteiger partial charge < -0.3 is 4.90 Å². The molecule has 2 N–H and O–H groups in total. The van der Waals surface area contributed by atoms with Gasteiger partial charge in [0.2, 0.25) is 0 Å². The number of sulfonamides is 3. The molecular weight excluding hydrogens is 547 g/mol. The molecule has 0 bridgehead atoms. The molecule has 0 saturated heterocycles. The summed E-state index contributed by atoms with van der Waals surface area (Å²) in [6, 6.07) is 0. The minimum Gasteiger partial charge on any atom is -0.305 e. The standard InChI is InChI=1S/C15H24F7N3O6S3/c1-5-8-13(17,18)33(28,29)24-32(26,27)12(16,7-3)14(19,20)15(21,22)34(30,31)23-9-11-25(4)10-6-2/h5,7-8,23-24H,3,6,9-11H2,1-2,4H3/b8-5+. The molecule has 34 heavy (non-hydrogen) atoms. The number of hydrogen-bond acceptors (Lipinski definition) is 7. The van der Waals surface area contributed by atoms with E-state index in [1.165, 1.54) is 11.9 Å². The average molecular weight is 572 g/mol. The van der Waals surface area contributed by atoms with Gasteiger partial charge in [-0.15, -0.1) is 4.13 Å². The Labute approximate surface area is 193 Å². The molecular formula is C15H24F7N3O6S3. The van der Waals surface area contributed by atoms with Crippen molar-refractivity contribution in [3.05, 3.63) is 24.8 Å². The molecule has 0 aromatic heterocycles. The maximum atomic E-state index is 14.9. The van der Waals surface area contributed by atoms with Crippen molar-refractivity contribution in [2.75, 3.05) is 26.7 Å². The lowest BCUT2D eigenvalue weighted by Gasteiger charge is -2.35. The van der Waals surface area contributed by atoms with Crippen LogP contribution in [0.25, 0.3) is 0 Å². The maximum Gasteiger partial charge on any atom is 0.425 e. The van der Waals surface area contributed by atoms with Gasteiger partial charge in [0.05, 0.1) is 0 Å². The van der Waals surface area contributed by atoms with Crippen LogP contribution in [0.3, 0.4) is 0 Å². The summed E-state index contributed by atoms with van der Waals surface area (Å²) in [6.07, 6.45) is -0.504. The van der Waals surface area contributed by atoms with Crippen molar-refractivity contribution in [2.45, 2.75) is 41.7 Å². The van der Waals surface area contributed by atoms with Crippen molar-refractivity contribution in [1.82, 2.24) is 13.7 Å². The fraction of sp³-hybridized carbons (Fsp3) is 0.733. The second-order valence-corrected chi connectivity index (χ2v) is 12.4. The third kappa shape index (κ3) is 6.10.